The topological polar surface area (TPSA) is 190 Å². The average Bonchev–Trinajstić information content (AvgIpc) is 3.67. The summed E-state index contributed by atoms with van der Waals surface area (Å²) in [5, 5.41) is 49.6. The van der Waals surface area contributed by atoms with Crippen LogP contribution in [0, 0.1) is 11.8 Å². The second-order valence-corrected chi connectivity index (χ2v) is 11.3. The van der Waals surface area contributed by atoms with Gasteiger partial charge in [0.1, 0.15) is 0 Å². The number of carboxylic acids is 3. The van der Waals surface area contributed by atoms with Crippen molar-refractivity contribution in [1.82, 2.24) is 5.32 Å². The largest absolute Gasteiger partial charge is 1.00 e. The van der Waals surface area contributed by atoms with Crippen LogP contribution < -0.4 is 109 Å². The van der Waals surface area contributed by atoms with Crippen LogP contribution in [0.15, 0.2) is 120 Å². The van der Waals surface area contributed by atoms with Crippen LogP contribution in [-0.4, -0.2) is 40.1 Å². The fourth-order valence-electron chi connectivity index (χ4n) is 6.40. The van der Waals surface area contributed by atoms with Crippen molar-refractivity contribution in [3.05, 3.63) is 105 Å². The molecular weight excluding hydrogens is 645 g/mol. The Balaban J connectivity index is 0.00000267. The van der Waals surface area contributed by atoms with Crippen LogP contribution in [0.2, 0.25) is 0 Å². The van der Waals surface area contributed by atoms with Crippen LogP contribution in [0.1, 0.15) is 53.4 Å². The molecular formula is C34H31N4Na3O7. The standard InChI is InChI=1S/C34H34N4O7.3Na/c1-6-18-15(3)23-11-24-16(4)20(8-9-29(40)41)32(37-24)21(10-30(42)43)33-31(34(44)45)17(5)25(38-33)12-27-19(7-2)22(14-39)28(36-27)13-26(18)35-23;;;/h6,11-14,16,20,37,39H,1,7-10H2,2-5H3,(H,40,41)(H,42,43)(H,44,45);;;/q;3*+1/p-3/b22-14+,24-11?,25-12?,26-13?,32-21?;;;. The minimum atomic E-state index is -1.46. The Morgan fingerprint density at radius 2 is 1.65 bits per heavy atom. The van der Waals surface area contributed by atoms with Crippen LogP contribution in [0.5, 0.6) is 0 Å². The van der Waals surface area contributed by atoms with Gasteiger partial charge in [-0.3, -0.25) is 0 Å². The van der Waals surface area contributed by atoms with Gasteiger partial charge >= 0.3 is 94.6 Å². The number of rotatable bonds is 8. The Bertz CT molecular complexity index is 1830. The Morgan fingerprint density at radius 3 is 2.21 bits per heavy atom. The van der Waals surface area contributed by atoms with Gasteiger partial charge in [0.25, 0.3) is 0 Å². The molecule has 8 bridgehead atoms. The molecule has 2 unspecified atom stereocenters. The fraction of sp³-hybridized carbons (Fsp3) is 0.294. The molecule has 5 rings (SSSR count). The second-order valence-electron chi connectivity index (χ2n) is 11.3. The van der Waals surface area contributed by atoms with Gasteiger partial charge in [0.05, 0.1) is 39.8 Å². The maximum absolute atomic E-state index is 12.6. The normalized spacial score (nSPS) is 22.0. The van der Waals surface area contributed by atoms with Gasteiger partial charge in [-0.2, -0.15) is 0 Å². The number of aliphatic carboxylic acids is 3. The third kappa shape index (κ3) is 7.85. The third-order valence-electron chi connectivity index (χ3n) is 8.75. The first-order chi connectivity index (χ1) is 21.4. The number of carbonyl (C=O) groups is 3. The molecule has 0 saturated carbocycles. The molecule has 2 atom stereocenters. The third-order valence-corrected chi connectivity index (χ3v) is 8.75. The molecule has 0 aromatic heterocycles. The van der Waals surface area contributed by atoms with Crippen molar-refractivity contribution < 1.29 is 123 Å². The van der Waals surface area contributed by atoms with E-state index < -0.39 is 30.2 Å². The van der Waals surface area contributed by atoms with Gasteiger partial charge in [0.2, 0.25) is 0 Å². The number of nitrogens with one attached hydrogen (secondary N) is 1. The van der Waals surface area contributed by atoms with E-state index in [1.807, 2.05) is 20.8 Å². The molecule has 5 aliphatic rings. The molecule has 1 saturated heterocycles. The molecule has 5 aliphatic heterocycles. The maximum Gasteiger partial charge on any atom is 1.00 e. The van der Waals surface area contributed by atoms with E-state index in [1.165, 1.54) is 0 Å². The van der Waals surface area contributed by atoms with Crippen LogP contribution in [0.3, 0.4) is 0 Å². The van der Waals surface area contributed by atoms with Crippen molar-refractivity contribution in [2.24, 2.45) is 26.8 Å². The first-order valence-corrected chi connectivity index (χ1v) is 14.6. The molecule has 1 fully saturated rings. The molecule has 48 heavy (non-hydrogen) atoms. The summed E-state index contributed by atoms with van der Waals surface area (Å²) >= 11 is 0. The van der Waals surface area contributed by atoms with E-state index in [0.29, 0.717) is 51.8 Å². The molecule has 0 aromatic rings. The van der Waals surface area contributed by atoms with Crippen molar-refractivity contribution >= 4 is 35.0 Å². The fourth-order valence-corrected chi connectivity index (χ4v) is 6.40. The monoisotopic (exact) mass is 676 g/mol. The minimum Gasteiger partial charge on any atom is -0.877 e. The number of allylic oxidation sites excluding steroid dienone is 10. The molecule has 11 nitrogen and oxygen atoms in total. The summed E-state index contributed by atoms with van der Waals surface area (Å²) in [6.45, 7) is 11.1. The number of carboxylic acid groups (broad SMARTS) is 3. The summed E-state index contributed by atoms with van der Waals surface area (Å²) in [5.74, 6) is -4.92. The van der Waals surface area contributed by atoms with Crippen molar-refractivity contribution in [3.63, 3.8) is 0 Å². The van der Waals surface area contributed by atoms with E-state index in [4.69, 9.17) is 9.98 Å². The number of hydrogen-bond acceptors (Lipinski definition) is 10. The van der Waals surface area contributed by atoms with Crippen molar-refractivity contribution in [1.29, 1.82) is 0 Å². The van der Waals surface area contributed by atoms with Crippen molar-refractivity contribution in [3.8, 4) is 0 Å². The summed E-state index contributed by atoms with van der Waals surface area (Å²) in [5.41, 5.74) is 5.79. The summed E-state index contributed by atoms with van der Waals surface area (Å²) < 4.78 is 0. The minimum absolute atomic E-state index is 0. The number of hydrogen-bond donors (Lipinski definition) is 2. The molecule has 5 heterocycles. The van der Waals surface area contributed by atoms with E-state index in [2.05, 4.69) is 16.9 Å². The predicted molar refractivity (Wildman–Crippen MR) is 162 cm³/mol. The van der Waals surface area contributed by atoms with E-state index in [-0.39, 0.29) is 136 Å². The van der Waals surface area contributed by atoms with Crippen LogP contribution in [0.25, 0.3) is 0 Å². The predicted octanol–water partition coefficient (Wildman–Crippen LogP) is -7.38. The van der Waals surface area contributed by atoms with Gasteiger partial charge in [-0.05, 0) is 73.6 Å². The van der Waals surface area contributed by atoms with Gasteiger partial charge in [-0.25, -0.2) is 19.8 Å². The van der Waals surface area contributed by atoms with Gasteiger partial charge in [-0.1, -0.05) is 26.5 Å². The van der Waals surface area contributed by atoms with Crippen molar-refractivity contribution in [2.75, 3.05) is 0 Å². The quantitative estimate of drug-likeness (QED) is 0.187. The first-order valence-electron chi connectivity index (χ1n) is 14.6. The van der Waals surface area contributed by atoms with E-state index in [9.17, 15) is 34.8 Å². The van der Waals surface area contributed by atoms with Crippen LogP contribution in [-0.2, 0) is 14.4 Å². The molecule has 0 aromatic carbocycles. The van der Waals surface area contributed by atoms with Gasteiger partial charge in [0.15, 0.2) is 0 Å². The molecule has 0 radical (unpaired) electrons. The Kier molecular flexibility index (Phi) is 14.9. The molecule has 0 spiro atoms. The Labute approximate surface area is 345 Å². The molecule has 0 aliphatic carbocycles. The Hall–Kier alpha value is -2.32. The van der Waals surface area contributed by atoms with Crippen LogP contribution in [0.4, 0.5) is 0 Å². The Morgan fingerprint density at radius 1 is 0.958 bits per heavy atom. The molecule has 232 valence electrons. The summed E-state index contributed by atoms with van der Waals surface area (Å²) in [6.07, 6.45) is 7.07. The van der Waals surface area contributed by atoms with E-state index in [0.717, 1.165) is 17.4 Å². The molecule has 2 N–H and O–H groups in total. The van der Waals surface area contributed by atoms with E-state index >= 15 is 0 Å². The van der Waals surface area contributed by atoms with E-state index in [1.54, 1.807) is 31.2 Å². The number of nitrogens with zero attached hydrogens (tertiary/aromatic N) is 3. The molecule has 0 amide bonds. The smallest absolute Gasteiger partial charge is 0.877 e. The average molecular weight is 677 g/mol. The summed E-state index contributed by atoms with van der Waals surface area (Å²) in [4.78, 5) is 50.5. The second kappa shape index (κ2) is 17.1. The zero-order chi connectivity index (χ0) is 32.7. The maximum atomic E-state index is 12.6. The van der Waals surface area contributed by atoms with Crippen LogP contribution >= 0.6 is 0 Å². The molecule has 14 heteroatoms. The van der Waals surface area contributed by atoms with Gasteiger partial charge < -0.3 is 35.3 Å². The number of fused-ring (bicyclic) bond motifs is 5. The summed E-state index contributed by atoms with van der Waals surface area (Å²) in [7, 11) is 0. The van der Waals surface area contributed by atoms with Gasteiger partial charge in [-0.15, -0.1) is 6.26 Å². The SMILES string of the molecule is C=CC1=C(C)C2=NC1=CC1=NC(=C(CC)/C1=C\[O-])C=C1N=C(C(CC(=O)[O-])=C3NC(=C2)C(C)C3CCC(=O)[O-])C(C(=O)O)=C1C.[Na+].[Na+].[Na+]. The zero-order valence-corrected chi connectivity index (χ0v) is 34.3. The zero-order valence-electron chi connectivity index (χ0n) is 28.3. The number of aliphatic imine (C=N–C) groups is 3. The summed E-state index contributed by atoms with van der Waals surface area (Å²) in [6, 6.07) is 0. The first kappa shape index (κ1) is 41.8. The van der Waals surface area contributed by atoms with Crippen molar-refractivity contribution in [2.45, 2.75) is 53.4 Å². The van der Waals surface area contributed by atoms with Gasteiger partial charge in [0, 0.05) is 52.7 Å². The number of carbonyl (C=O) groups excluding carboxylic acids is 2.